The summed E-state index contributed by atoms with van der Waals surface area (Å²) in [6.45, 7) is 11.8. The van der Waals surface area contributed by atoms with Gasteiger partial charge in [-0.25, -0.2) is 0 Å². The summed E-state index contributed by atoms with van der Waals surface area (Å²) in [6.07, 6.45) is 3.53. The Kier molecular flexibility index (Phi) is 22.0. The van der Waals surface area contributed by atoms with Crippen molar-refractivity contribution < 1.29 is 10.2 Å². The summed E-state index contributed by atoms with van der Waals surface area (Å²) in [5.41, 5.74) is 1.19. The van der Waals surface area contributed by atoms with Crippen molar-refractivity contribution in [2.24, 2.45) is 0 Å². The molecule has 0 unspecified atom stereocenters. The number of hydrogen-bond acceptors (Lipinski definition) is 5. The molecule has 0 fully saturated rings. The second-order valence-corrected chi connectivity index (χ2v) is 6.88. The van der Waals surface area contributed by atoms with Crippen LogP contribution in [0.25, 0.3) is 0 Å². The zero-order chi connectivity index (χ0) is 20.9. The molecule has 0 spiro atoms. The normalized spacial score (nSPS) is 10.1. The van der Waals surface area contributed by atoms with Crippen LogP contribution in [0.1, 0.15) is 40.0 Å². The maximum Gasteiger partial charge on any atom is 0.0606 e. The maximum atomic E-state index is 8.88. The van der Waals surface area contributed by atoms with Gasteiger partial charge in [0.2, 0.25) is 0 Å². The molecule has 0 heterocycles. The monoisotopic (exact) mass is 383 g/mol. The molecule has 5 heteroatoms. The molecule has 0 saturated carbocycles. The second kappa shape index (κ2) is 21.2. The number of aliphatic hydroxyl groups is 2. The molecule has 0 aliphatic carbocycles. The van der Waals surface area contributed by atoms with Gasteiger partial charge in [0.15, 0.2) is 0 Å². The summed E-state index contributed by atoms with van der Waals surface area (Å²) < 4.78 is 0. The molecule has 1 aromatic carbocycles. The first-order chi connectivity index (χ1) is 13.0. The van der Waals surface area contributed by atoms with E-state index in [0.29, 0.717) is 0 Å². The lowest BCUT2D eigenvalue weighted by Crippen LogP contribution is -2.27. The summed E-state index contributed by atoms with van der Waals surface area (Å²) in [6, 6.07) is 10.2. The number of anilines is 1. The third kappa shape index (κ3) is 19.4. The van der Waals surface area contributed by atoms with Crippen LogP contribution < -0.4 is 4.90 Å². The van der Waals surface area contributed by atoms with Gasteiger partial charge in [0.1, 0.15) is 0 Å². The van der Waals surface area contributed by atoms with Crippen LogP contribution in [-0.2, 0) is 0 Å². The van der Waals surface area contributed by atoms with Gasteiger partial charge in [-0.05, 0) is 65.6 Å². The van der Waals surface area contributed by atoms with Crippen LogP contribution in [0.4, 0.5) is 5.69 Å². The molecular formula is C22H45N3O2. The van der Waals surface area contributed by atoms with Crippen molar-refractivity contribution in [1.29, 1.82) is 0 Å². The highest BCUT2D eigenvalue weighted by atomic mass is 16.3. The highest BCUT2D eigenvalue weighted by Crippen LogP contribution is 2.12. The summed E-state index contributed by atoms with van der Waals surface area (Å²) in [5, 5.41) is 17.3. The third-order valence-corrected chi connectivity index (χ3v) is 3.74. The van der Waals surface area contributed by atoms with Crippen LogP contribution in [-0.4, -0.2) is 87.1 Å². The quantitative estimate of drug-likeness (QED) is 0.615. The minimum absolute atomic E-state index is 0.217. The van der Waals surface area contributed by atoms with Gasteiger partial charge in [-0.15, -0.1) is 0 Å². The molecule has 0 saturated heterocycles. The number of rotatable bonds is 11. The number of aliphatic hydroxyl groups excluding tert-OH is 2. The van der Waals surface area contributed by atoms with Gasteiger partial charge in [0.25, 0.3) is 0 Å². The average Bonchev–Trinajstić information content (AvgIpc) is 2.64. The minimum atomic E-state index is 0.217. The minimum Gasteiger partial charge on any atom is -0.395 e. The molecule has 0 bridgehead atoms. The fraction of sp³-hybridized carbons (Fsp3) is 0.727. The van der Waals surface area contributed by atoms with Crippen molar-refractivity contribution >= 4 is 5.69 Å². The lowest BCUT2D eigenvalue weighted by Gasteiger charge is -2.22. The Labute approximate surface area is 168 Å². The maximum absolute atomic E-state index is 8.88. The molecule has 0 aliphatic rings. The van der Waals surface area contributed by atoms with E-state index in [1.807, 2.05) is 25.2 Å². The van der Waals surface area contributed by atoms with Gasteiger partial charge in [0.05, 0.1) is 13.2 Å². The fourth-order valence-electron chi connectivity index (χ4n) is 2.51. The van der Waals surface area contributed by atoms with E-state index in [9.17, 15) is 0 Å². The number of hydrogen-bond donors (Lipinski definition) is 2. The molecule has 0 amide bonds. The molecule has 0 aromatic heterocycles. The second-order valence-electron chi connectivity index (χ2n) is 6.88. The Balaban J connectivity index is 0. The van der Waals surface area contributed by atoms with Gasteiger partial charge in [-0.1, -0.05) is 39.0 Å². The van der Waals surface area contributed by atoms with Crippen molar-refractivity contribution in [1.82, 2.24) is 9.80 Å². The van der Waals surface area contributed by atoms with Gasteiger partial charge in [0, 0.05) is 25.3 Å². The van der Waals surface area contributed by atoms with E-state index in [1.54, 1.807) is 0 Å². The molecule has 1 rings (SSSR count). The Bertz CT molecular complexity index is 376. The van der Waals surface area contributed by atoms with Crippen LogP contribution in [0.15, 0.2) is 30.3 Å². The first kappa shape index (κ1) is 28.1. The van der Waals surface area contributed by atoms with E-state index in [4.69, 9.17) is 10.2 Å². The Morgan fingerprint density at radius 3 is 1.56 bits per heavy atom. The summed E-state index contributed by atoms with van der Waals surface area (Å²) in [5.74, 6) is 0. The number of para-hydroxylation sites is 1. The molecule has 1 aromatic rings. The highest BCUT2D eigenvalue weighted by molar-refractivity contribution is 5.45. The summed E-state index contributed by atoms with van der Waals surface area (Å²) >= 11 is 0. The zero-order valence-corrected chi connectivity index (χ0v) is 18.7. The molecular weight excluding hydrogens is 338 g/mol. The molecule has 27 heavy (non-hydrogen) atoms. The summed E-state index contributed by atoms with van der Waals surface area (Å²) in [7, 11) is 6.19. The predicted octanol–water partition coefficient (Wildman–Crippen LogP) is 3.17. The van der Waals surface area contributed by atoms with Gasteiger partial charge in [-0.3, -0.25) is 0 Å². The molecule has 2 N–H and O–H groups in total. The van der Waals surface area contributed by atoms with Gasteiger partial charge in [-0.2, -0.15) is 0 Å². The SMILES string of the molecule is CCCN(C)C.CCCN(C)CCO.CCCN(CCO)c1ccccc1. The molecule has 0 radical (unpaired) electrons. The van der Waals surface area contributed by atoms with E-state index in [-0.39, 0.29) is 13.2 Å². The molecule has 0 atom stereocenters. The smallest absolute Gasteiger partial charge is 0.0606 e. The first-order valence-electron chi connectivity index (χ1n) is 10.3. The Morgan fingerprint density at radius 1 is 0.667 bits per heavy atom. The van der Waals surface area contributed by atoms with E-state index < -0.39 is 0 Å². The van der Waals surface area contributed by atoms with Crippen molar-refractivity contribution in [3.63, 3.8) is 0 Å². The molecule has 5 nitrogen and oxygen atoms in total. The lowest BCUT2D eigenvalue weighted by molar-refractivity contribution is 0.222. The fourth-order valence-corrected chi connectivity index (χ4v) is 2.51. The molecule has 160 valence electrons. The number of benzene rings is 1. The predicted molar refractivity (Wildman–Crippen MR) is 120 cm³/mol. The zero-order valence-electron chi connectivity index (χ0n) is 18.7. The Hall–Kier alpha value is -1.14. The van der Waals surface area contributed by atoms with E-state index in [1.165, 1.54) is 18.7 Å². The van der Waals surface area contributed by atoms with Crippen molar-refractivity contribution in [2.45, 2.75) is 40.0 Å². The lowest BCUT2D eigenvalue weighted by atomic mass is 10.2. The van der Waals surface area contributed by atoms with Crippen LogP contribution in [0.2, 0.25) is 0 Å². The van der Waals surface area contributed by atoms with Crippen molar-refractivity contribution in [2.75, 3.05) is 72.0 Å². The van der Waals surface area contributed by atoms with Crippen molar-refractivity contribution in [3.05, 3.63) is 30.3 Å². The van der Waals surface area contributed by atoms with E-state index in [0.717, 1.165) is 39.0 Å². The van der Waals surface area contributed by atoms with Crippen LogP contribution in [0.5, 0.6) is 0 Å². The van der Waals surface area contributed by atoms with Crippen LogP contribution in [0.3, 0.4) is 0 Å². The topological polar surface area (TPSA) is 50.2 Å². The van der Waals surface area contributed by atoms with E-state index in [2.05, 4.69) is 61.7 Å². The van der Waals surface area contributed by atoms with E-state index >= 15 is 0 Å². The standard InChI is InChI=1S/C11H17NO.C6H15NO.C5H13N/c1-2-8-12(9-10-13)11-6-4-3-5-7-11;1-3-4-7(2)5-6-8;1-4-5-6(2)3/h3-7,13H,2,8-10H2,1H3;8H,3-6H2,1-2H3;4-5H2,1-3H3. The van der Waals surface area contributed by atoms with Crippen LogP contribution in [0, 0.1) is 0 Å². The van der Waals surface area contributed by atoms with Gasteiger partial charge < -0.3 is 24.9 Å². The average molecular weight is 384 g/mol. The summed E-state index contributed by atoms with van der Waals surface area (Å²) in [4.78, 5) is 6.49. The van der Waals surface area contributed by atoms with Crippen molar-refractivity contribution in [3.8, 4) is 0 Å². The number of likely N-dealkylation sites (N-methyl/N-ethyl adjacent to an activating group) is 1. The van der Waals surface area contributed by atoms with Gasteiger partial charge >= 0.3 is 0 Å². The highest BCUT2D eigenvalue weighted by Gasteiger charge is 2.02. The third-order valence-electron chi connectivity index (χ3n) is 3.74. The first-order valence-corrected chi connectivity index (χ1v) is 10.3. The Morgan fingerprint density at radius 2 is 1.19 bits per heavy atom. The number of nitrogens with zero attached hydrogens (tertiary/aromatic N) is 3. The largest absolute Gasteiger partial charge is 0.395 e. The van der Waals surface area contributed by atoms with Crippen LogP contribution >= 0.6 is 0 Å². The molecule has 0 aliphatic heterocycles.